The Morgan fingerprint density at radius 3 is 2.10 bits per heavy atom. The van der Waals surface area contributed by atoms with E-state index >= 15 is 0 Å². The first-order valence-corrected chi connectivity index (χ1v) is 9.96. The van der Waals surface area contributed by atoms with Crippen molar-refractivity contribution >= 4 is 11.8 Å². The second-order valence-electron chi connectivity index (χ2n) is 6.07. The van der Waals surface area contributed by atoms with E-state index in [0.29, 0.717) is 39.1 Å². The molecule has 2 aromatic carbocycles. The number of nitrogens with zero attached hydrogens (tertiary/aromatic N) is 3. The highest BCUT2D eigenvalue weighted by atomic mass is 32.2. The van der Waals surface area contributed by atoms with E-state index in [4.69, 9.17) is 19.5 Å². The summed E-state index contributed by atoms with van der Waals surface area (Å²) in [5.74, 6) is 1.63. The second kappa shape index (κ2) is 9.69. The Morgan fingerprint density at radius 1 is 0.900 bits per heavy atom. The number of pyridine rings is 1. The number of ether oxygens (including phenoxy) is 3. The summed E-state index contributed by atoms with van der Waals surface area (Å²) in [7, 11) is 4.63. The highest BCUT2D eigenvalue weighted by Crippen LogP contribution is 2.43. The largest absolute Gasteiger partial charge is 0.493 e. The Hall–Kier alpha value is -3.68. The molecule has 0 unspecified atom stereocenters. The lowest BCUT2D eigenvalue weighted by Gasteiger charge is -2.16. The average molecular weight is 417 g/mol. The molecule has 0 atom stereocenters. The van der Waals surface area contributed by atoms with Crippen LogP contribution in [-0.4, -0.2) is 32.1 Å². The summed E-state index contributed by atoms with van der Waals surface area (Å²) in [5, 5.41) is 19.4. The molecule has 0 saturated carbocycles. The van der Waals surface area contributed by atoms with Crippen LogP contribution in [0, 0.1) is 22.7 Å². The van der Waals surface area contributed by atoms with Gasteiger partial charge in [0, 0.05) is 11.1 Å². The van der Waals surface area contributed by atoms with Gasteiger partial charge in [-0.05, 0) is 23.8 Å². The molecular weight excluding hydrogens is 398 g/mol. The molecule has 30 heavy (non-hydrogen) atoms. The molecule has 3 aromatic rings. The minimum atomic E-state index is 0.189. The van der Waals surface area contributed by atoms with Crippen LogP contribution in [0.15, 0.2) is 53.6 Å². The molecule has 0 fully saturated rings. The zero-order valence-electron chi connectivity index (χ0n) is 16.8. The van der Waals surface area contributed by atoms with Crippen LogP contribution in [-0.2, 0) is 0 Å². The molecule has 0 amide bonds. The van der Waals surface area contributed by atoms with E-state index in [9.17, 15) is 5.26 Å². The lowest BCUT2D eigenvalue weighted by atomic mass is 9.98. The number of benzene rings is 2. The van der Waals surface area contributed by atoms with Crippen molar-refractivity contribution in [1.29, 1.82) is 10.5 Å². The van der Waals surface area contributed by atoms with Gasteiger partial charge in [0.2, 0.25) is 5.75 Å². The van der Waals surface area contributed by atoms with Crippen LogP contribution >= 0.6 is 11.8 Å². The van der Waals surface area contributed by atoms with Crippen LogP contribution in [0.3, 0.4) is 0 Å². The predicted molar refractivity (Wildman–Crippen MR) is 116 cm³/mol. The summed E-state index contributed by atoms with van der Waals surface area (Å²) >= 11 is 1.23. The van der Waals surface area contributed by atoms with Gasteiger partial charge in [-0.1, -0.05) is 42.1 Å². The van der Waals surface area contributed by atoms with Crippen molar-refractivity contribution < 1.29 is 14.2 Å². The monoisotopic (exact) mass is 417 g/mol. The molecule has 0 saturated heterocycles. The van der Waals surface area contributed by atoms with Crippen LogP contribution in [0.4, 0.5) is 0 Å². The van der Waals surface area contributed by atoms with Gasteiger partial charge in [0.1, 0.15) is 11.1 Å². The van der Waals surface area contributed by atoms with Gasteiger partial charge in [0.05, 0.1) is 44.4 Å². The molecule has 0 spiro atoms. The third kappa shape index (κ3) is 4.17. The number of rotatable bonds is 7. The summed E-state index contributed by atoms with van der Waals surface area (Å²) in [6.45, 7) is 0. The first-order chi connectivity index (χ1) is 14.7. The standard InChI is InChI=1S/C23H19N3O3S/c1-27-20-11-16(12-21(28-2)22(20)29-3)17-13-19(15-7-5-4-6-8-15)26-23(18(17)14-25)30-10-9-24/h4-8,11-13H,10H2,1-3H3. The van der Waals surface area contributed by atoms with Gasteiger partial charge in [0.25, 0.3) is 0 Å². The maximum absolute atomic E-state index is 9.90. The van der Waals surface area contributed by atoms with Gasteiger partial charge in [0.15, 0.2) is 11.5 Å². The lowest BCUT2D eigenvalue weighted by Crippen LogP contribution is -1.99. The molecule has 0 aliphatic rings. The van der Waals surface area contributed by atoms with Crippen LogP contribution in [0.1, 0.15) is 5.56 Å². The maximum Gasteiger partial charge on any atom is 0.203 e. The molecule has 1 aromatic heterocycles. The Bertz CT molecular complexity index is 1110. The van der Waals surface area contributed by atoms with Crippen LogP contribution in [0.2, 0.25) is 0 Å². The summed E-state index contributed by atoms with van der Waals surface area (Å²) in [5.41, 5.74) is 3.41. The third-order valence-electron chi connectivity index (χ3n) is 4.42. The SMILES string of the molecule is COc1cc(-c2cc(-c3ccccc3)nc(SCC#N)c2C#N)cc(OC)c1OC. The molecule has 150 valence electrons. The van der Waals surface area contributed by atoms with Crippen molar-refractivity contribution in [1.82, 2.24) is 4.98 Å². The van der Waals surface area contributed by atoms with Gasteiger partial charge in [-0.25, -0.2) is 4.98 Å². The topological polar surface area (TPSA) is 88.2 Å². The molecule has 3 rings (SSSR count). The highest BCUT2D eigenvalue weighted by Gasteiger charge is 2.20. The first kappa shape index (κ1) is 21.0. The predicted octanol–water partition coefficient (Wildman–Crippen LogP) is 4.93. The number of methoxy groups -OCH3 is 3. The molecule has 0 aliphatic heterocycles. The average Bonchev–Trinajstić information content (AvgIpc) is 2.81. The Balaban J connectivity index is 2.30. The molecule has 6 nitrogen and oxygen atoms in total. The van der Waals surface area contributed by atoms with E-state index in [0.717, 1.165) is 11.1 Å². The van der Waals surface area contributed by atoms with Gasteiger partial charge >= 0.3 is 0 Å². The van der Waals surface area contributed by atoms with Crippen LogP contribution in [0.25, 0.3) is 22.4 Å². The molecule has 0 N–H and O–H groups in total. The van der Waals surface area contributed by atoms with E-state index in [1.807, 2.05) is 36.4 Å². The fourth-order valence-corrected chi connectivity index (χ4v) is 3.72. The fraction of sp³-hybridized carbons (Fsp3) is 0.174. The van der Waals surface area contributed by atoms with E-state index in [1.165, 1.54) is 18.9 Å². The smallest absolute Gasteiger partial charge is 0.203 e. The van der Waals surface area contributed by atoms with E-state index in [-0.39, 0.29) is 5.75 Å². The Morgan fingerprint density at radius 2 is 1.57 bits per heavy atom. The number of hydrogen-bond donors (Lipinski definition) is 0. The molecule has 0 bridgehead atoms. The third-order valence-corrected chi connectivity index (χ3v) is 5.26. The summed E-state index contributed by atoms with van der Waals surface area (Å²) in [6, 6.07) is 19.5. The summed E-state index contributed by atoms with van der Waals surface area (Å²) in [6.07, 6.45) is 0. The van der Waals surface area contributed by atoms with E-state index in [1.54, 1.807) is 26.4 Å². The zero-order chi connectivity index (χ0) is 21.5. The maximum atomic E-state index is 9.90. The Labute approximate surface area is 179 Å². The van der Waals surface area contributed by atoms with Crippen molar-refractivity contribution in [3.05, 3.63) is 54.1 Å². The minimum absolute atomic E-state index is 0.189. The molecule has 7 heteroatoms. The van der Waals surface area contributed by atoms with E-state index < -0.39 is 0 Å². The quantitative estimate of drug-likeness (QED) is 0.504. The van der Waals surface area contributed by atoms with Crippen molar-refractivity contribution in [3.63, 3.8) is 0 Å². The van der Waals surface area contributed by atoms with Crippen molar-refractivity contribution in [2.24, 2.45) is 0 Å². The van der Waals surface area contributed by atoms with E-state index in [2.05, 4.69) is 17.1 Å². The number of hydrogen-bond acceptors (Lipinski definition) is 7. The number of aromatic nitrogens is 1. The van der Waals surface area contributed by atoms with Gasteiger partial charge < -0.3 is 14.2 Å². The van der Waals surface area contributed by atoms with Gasteiger partial charge in [-0.3, -0.25) is 0 Å². The molecule has 0 radical (unpaired) electrons. The van der Waals surface area contributed by atoms with Crippen LogP contribution < -0.4 is 14.2 Å². The zero-order valence-corrected chi connectivity index (χ0v) is 17.6. The van der Waals surface area contributed by atoms with Gasteiger partial charge in [-0.2, -0.15) is 10.5 Å². The van der Waals surface area contributed by atoms with Crippen molar-refractivity contribution in [2.75, 3.05) is 27.1 Å². The minimum Gasteiger partial charge on any atom is -0.493 e. The molecule has 0 aliphatic carbocycles. The number of thioether (sulfide) groups is 1. The summed E-state index contributed by atoms with van der Waals surface area (Å²) < 4.78 is 16.4. The summed E-state index contributed by atoms with van der Waals surface area (Å²) in [4.78, 5) is 4.66. The second-order valence-corrected chi connectivity index (χ2v) is 7.04. The van der Waals surface area contributed by atoms with Gasteiger partial charge in [-0.15, -0.1) is 0 Å². The first-order valence-electron chi connectivity index (χ1n) is 8.97. The number of nitriles is 2. The fourth-order valence-electron chi connectivity index (χ4n) is 3.06. The lowest BCUT2D eigenvalue weighted by molar-refractivity contribution is 0.324. The van der Waals surface area contributed by atoms with Crippen molar-refractivity contribution in [2.45, 2.75) is 5.03 Å². The van der Waals surface area contributed by atoms with Crippen LogP contribution in [0.5, 0.6) is 17.2 Å². The molecule has 1 heterocycles. The molecular formula is C23H19N3O3S. The van der Waals surface area contributed by atoms with Crippen molar-refractivity contribution in [3.8, 4) is 51.8 Å². The normalized spacial score (nSPS) is 10.0. The Kier molecular flexibility index (Phi) is 6.79. The highest BCUT2D eigenvalue weighted by molar-refractivity contribution is 7.99.